The number of aryl methyl sites for hydroxylation is 3. The van der Waals surface area contributed by atoms with Crippen molar-refractivity contribution in [3.63, 3.8) is 0 Å². The molecule has 0 atom stereocenters. The van der Waals surface area contributed by atoms with E-state index in [-0.39, 0.29) is 0 Å². The number of hydrogen-bond acceptors (Lipinski definition) is 1. The largest absolute Gasteiger partial charge is 0.318 e. The van der Waals surface area contributed by atoms with Crippen molar-refractivity contribution in [3.05, 3.63) is 80.2 Å². The van der Waals surface area contributed by atoms with Gasteiger partial charge in [-0.25, -0.2) is 0 Å². The number of nitrogens with zero attached hydrogens (tertiary/aromatic N) is 2. The topological polar surface area (TPSA) is 17.3 Å². The second kappa shape index (κ2) is 6.93. The summed E-state index contributed by atoms with van der Waals surface area (Å²) < 4.78 is 3.52. The number of benzene rings is 2. The molecule has 0 aliphatic heterocycles. The van der Waals surface area contributed by atoms with Gasteiger partial charge in [-0.1, -0.05) is 17.7 Å². The van der Waals surface area contributed by atoms with Gasteiger partial charge in [-0.3, -0.25) is 4.99 Å². The molecule has 0 fully saturated rings. The van der Waals surface area contributed by atoms with E-state index in [9.17, 15) is 0 Å². The minimum atomic E-state index is 1.03. The molecule has 1 aromatic heterocycles. The standard InChI is InChI=1S/C21H21IN2/c1-14-5-10-21(15(2)11-14)23-13-18-12-16(3)24(17(18)4)20-8-6-19(22)7-9-20/h5-13H,1-4H3. The predicted octanol–water partition coefficient (Wildman–Crippen LogP) is 6.07. The van der Waals surface area contributed by atoms with Gasteiger partial charge in [-0.15, -0.1) is 0 Å². The number of hydrogen-bond donors (Lipinski definition) is 0. The smallest absolute Gasteiger partial charge is 0.0659 e. The van der Waals surface area contributed by atoms with Crippen LogP contribution in [-0.2, 0) is 0 Å². The molecule has 24 heavy (non-hydrogen) atoms. The molecular formula is C21H21IN2. The van der Waals surface area contributed by atoms with Gasteiger partial charge in [0.15, 0.2) is 0 Å². The van der Waals surface area contributed by atoms with Crippen molar-refractivity contribution in [2.75, 3.05) is 0 Å². The van der Waals surface area contributed by atoms with Crippen molar-refractivity contribution in [1.29, 1.82) is 0 Å². The van der Waals surface area contributed by atoms with Crippen LogP contribution in [0.3, 0.4) is 0 Å². The molecule has 0 aliphatic rings. The van der Waals surface area contributed by atoms with E-state index in [1.54, 1.807) is 0 Å². The van der Waals surface area contributed by atoms with Crippen LogP contribution in [0.2, 0.25) is 0 Å². The Balaban J connectivity index is 1.97. The SMILES string of the molecule is Cc1ccc(N=Cc2cc(C)n(-c3ccc(I)cc3)c2C)c(C)c1. The van der Waals surface area contributed by atoms with E-state index >= 15 is 0 Å². The van der Waals surface area contributed by atoms with Gasteiger partial charge in [0.1, 0.15) is 0 Å². The lowest BCUT2D eigenvalue weighted by Gasteiger charge is -2.09. The number of halogens is 1. The average molecular weight is 428 g/mol. The summed E-state index contributed by atoms with van der Waals surface area (Å²) in [7, 11) is 0. The summed E-state index contributed by atoms with van der Waals surface area (Å²) in [5.74, 6) is 0. The van der Waals surface area contributed by atoms with Crippen LogP contribution in [0, 0.1) is 31.3 Å². The van der Waals surface area contributed by atoms with Crippen molar-refractivity contribution in [3.8, 4) is 5.69 Å². The van der Waals surface area contributed by atoms with Gasteiger partial charge in [-0.05, 0) is 92.2 Å². The second-order valence-electron chi connectivity index (χ2n) is 6.19. The van der Waals surface area contributed by atoms with Crippen LogP contribution in [0.5, 0.6) is 0 Å². The monoisotopic (exact) mass is 428 g/mol. The van der Waals surface area contributed by atoms with Crippen LogP contribution >= 0.6 is 22.6 Å². The molecule has 0 amide bonds. The van der Waals surface area contributed by atoms with E-state index in [0.29, 0.717) is 0 Å². The maximum Gasteiger partial charge on any atom is 0.0659 e. The fourth-order valence-corrected chi connectivity index (χ4v) is 3.35. The Labute approximate surface area is 157 Å². The van der Waals surface area contributed by atoms with Gasteiger partial charge < -0.3 is 4.57 Å². The highest BCUT2D eigenvalue weighted by Crippen LogP contribution is 2.23. The maximum absolute atomic E-state index is 4.70. The highest BCUT2D eigenvalue weighted by Gasteiger charge is 2.09. The molecule has 122 valence electrons. The van der Waals surface area contributed by atoms with E-state index in [1.165, 1.54) is 31.8 Å². The van der Waals surface area contributed by atoms with E-state index in [1.807, 2.05) is 6.21 Å². The van der Waals surface area contributed by atoms with Crippen molar-refractivity contribution in [2.45, 2.75) is 27.7 Å². The predicted molar refractivity (Wildman–Crippen MR) is 111 cm³/mol. The van der Waals surface area contributed by atoms with Crippen LogP contribution in [-0.4, -0.2) is 10.8 Å². The molecule has 3 rings (SSSR count). The number of aliphatic imine (C=N–C) groups is 1. The van der Waals surface area contributed by atoms with Crippen molar-refractivity contribution < 1.29 is 0 Å². The Kier molecular flexibility index (Phi) is 4.90. The Morgan fingerprint density at radius 2 is 1.62 bits per heavy atom. The van der Waals surface area contributed by atoms with Gasteiger partial charge in [0.2, 0.25) is 0 Å². The zero-order chi connectivity index (χ0) is 17.3. The molecule has 0 unspecified atom stereocenters. The fourth-order valence-electron chi connectivity index (χ4n) is 3.00. The molecule has 0 radical (unpaired) electrons. The molecule has 0 spiro atoms. The van der Waals surface area contributed by atoms with E-state index in [4.69, 9.17) is 4.99 Å². The Morgan fingerprint density at radius 3 is 2.29 bits per heavy atom. The molecule has 0 aliphatic carbocycles. The van der Waals surface area contributed by atoms with Gasteiger partial charge in [-0.2, -0.15) is 0 Å². The Morgan fingerprint density at radius 1 is 0.917 bits per heavy atom. The van der Waals surface area contributed by atoms with E-state index < -0.39 is 0 Å². The van der Waals surface area contributed by atoms with Gasteiger partial charge >= 0.3 is 0 Å². The van der Waals surface area contributed by atoms with Crippen molar-refractivity contribution in [1.82, 2.24) is 4.57 Å². The molecule has 0 N–H and O–H groups in total. The summed E-state index contributed by atoms with van der Waals surface area (Å²) in [4.78, 5) is 4.70. The zero-order valence-electron chi connectivity index (χ0n) is 14.5. The first-order valence-corrected chi connectivity index (χ1v) is 9.10. The normalized spacial score (nSPS) is 11.4. The summed E-state index contributed by atoms with van der Waals surface area (Å²) in [5.41, 5.74) is 8.28. The van der Waals surface area contributed by atoms with Crippen LogP contribution in [0.4, 0.5) is 5.69 Å². The van der Waals surface area contributed by atoms with Crippen LogP contribution < -0.4 is 0 Å². The van der Waals surface area contributed by atoms with Crippen molar-refractivity contribution >= 4 is 34.5 Å². The number of aromatic nitrogens is 1. The van der Waals surface area contributed by atoms with E-state index in [2.05, 4.69) is 103 Å². The van der Waals surface area contributed by atoms with Gasteiger partial charge in [0, 0.05) is 32.4 Å². The lowest BCUT2D eigenvalue weighted by Crippen LogP contribution is -1.99. The van der Waals surface area contributed by atoms with Crippen LogP contribution in [0.1, 0.15) is 28.1 Å². The van der Waals surface area contributed by atoms with Gasteiger partial charge in [0.05, 0.1) is 5.69 Å². The van der Waals surface area contributed by atoms with Gasteiger partial charge in [0.25, 0.3) is 0 Å². The minimum absolute atomic E-state index is 1.03. The third kappa shape index (κ3) is 3.46. The molecule has 0 bridgehead atoms. The third-order valence-electron chi connectivity index (χ3n) is 4.25. The molecular weight excluding hydrogens is 407 g/mol. The third-order valence-corrected chi connectivity index (χ3v) is 4.97. The summed E-state index contributed by atoms with van der Waals surface area (Å²) in [5, 5.41) is 0. The quantitative estimate of drug-likeness (QED) is 0.356. The Hall–Kier alpha value is -1.88. The molecule has 3 aromatic rings. The van der Waals surface area contributed by atoms with Crippen LogP contribution in [0.25, 0.3) is 5.69 Å². The molecule has 2 aromatic carbocycles. The molecule has 2 nitrogen and oxygen atoms in total. The van der Waals surface area contributed by atoms with Crippen LogP contribution in [0.15, 0.2) is 53.5 Å². The lowest BCUT2D eigenvalue weighted by molar-refractivity contribution is 0.964. The molecule has 0 saturated carbocycles. The second-order valence-corrected chi connectivity index (χ2v) is 7.43. The van der Waals surface area contributed by atoms with Crippen molar-refractivity contribution in [2.24, 2.45) is 4.99 Å². The summed E-state index contributed by atoms with van der Waals surface area (Å²) in [6, 6.07) is 17.1. The fraction of sp³-hybridized carbons (Fsp3) is 0.190. The summed E-state index contributed by atoms with van der Waals surface area (Å²) in [6.45, 7) is 8.50. The first-order valence-electron chi connectivity index (χ1n) is 8.02. The molecule has 0 saturated heterocycles. The average Bonchev–Trinajstić information content (AvgIpc) is 2.82. The lowest BCUT2D eigenvalue weighted by atomic mass is 10.1. The number of rotatable bonds is 3. The molecule has 3 heteroatoms. The summed E-state index contributed by atoms with van der Waals surface area (Å²) in [6.07, 6.45) is 1.98. The molecule has 1 heterocycles. The maximum atomic E-state index is 4.70. The Bertz CT molecular complexity index is 902. The highest BCUT2D eigenvalue weighted by molar-refractivity contribution is 14.1. The first kappa shape index (κ1) is 17.0. The summed E-state index contributed by atoms with van der Waals surface area (Å²) >= 11 is 2.33. The first-order chi connectivity index (χ1) is 11.5. The minimum Gasteiger partial charge on any atom is -0.318 e. The van der Waals surface area contributed by atoms with E-state index in [0.717, 1.165) is 11.3 Å². The zero-order valence-corrected chi connectivity index (χ0v) is 16.6. The highest BCUT2D eigenvalue weighted by atomic mass is 127.